The zero-order valence-corrected chi connectivity index (χ0v) is 9.30. The number of hydrogen-bond acceptors (Lipinski definition) is 2. The topological polar surface area (TPSA) is 49.3 Å². The number of piperidine rings is 1. The number of aliphatic carboxylic acids is 1. The van der Waals surface area contributed by atoms with Crippen molar-refractivity contribution in [3.05, 3.63) is 0 Å². The molecule has 0 spiro atoms. The van der Waals surface area contributed by atoms with E-state index in [0.717, 1.165) is 25.8 Å². The molecule has 0 bridgehead atoms. The van der Waals surface area contributed by atoms with Gasteiger partial charge in [0.05, 0.1) is 5.41 Å². The molecule has 0 radical (unpaired) electrons. The first-order chi connectivity index (χ1) is 7.23. The number of hydrogen-bond donors (Lipinski definition) is 2. The van der Waals surface area contributed by atoms with Gasteiger partial charge in [0.25, 0.3) is 0 Å². The predicted octanol–water partition coefficient (Wildman–Crippen LogP) is 2.02. The summed E-state index contributed by atoms with van der Waals surface area (Å²) in [6.45, 7) is 1.67. The van der Waals surface area contributed by atoms with E-state index in [4.69, 9.17) is 0 Å². The Bertz CT molecular complexity index is 228. The van der Waals surface area contributed by atoms with Gasteiger partial charge in [0, 0.05) is 6.54 Å². The van der Waals surface area contributed by atoms with Gasteiger partial charge < -0.3 is 10.4 Å². The summed E-state index contributed by atoms with van der Waals surface area (Å²) in [5, 5.41) is 12.7. The summed E-state index contributed by atoms with van der Waals surface area (Å²) in [5.74, 6) is 0.0857. The highest BCUT2D eigenvalue weighted by Crippen LogP contribution is 2.39. The third-order valence-electron chi connectivity index (χ3n) is 4.08. The Kier molecular flexibility index (Phi) is 3.29. The molecule has 1 aliphatic heterocycles. The molecule has 1 atom stereocenters. The maximum Gasteiger partial charge on any atom is 0.310 e. The van der Waals surface area contributed by atoms with Crippen LogP contribution in [-0.4, -0.2) is 24.2 Å². The van der Waals surface area contributed by atoms with Crippen LogP contribution < -0.4 is 5.32 Å². The third kappa shape index (κ3) is 2.33. The van der Waals surface area contributed by atoms with Gasteiger partial charge in [-0.2, -0.15) is 0 Å². The van der Waals surface area contributed by atoms with Crippen LogP contribution in [0.5, 0.6) is 0 Å². The van der Waals surface area contributed by atoms with Gasteiger partial charge in [0.1, 0.15) is 0 Å². The number of rotatable bonds is 3. The lowest BCUT2D eigenvalue weighted by Gasteiger charge is -2.35. The predicted molar refractivity (Wildman–Crippen MR) is 58.7 cm³/mol. The van der Waals surface area contributed by atoms with E-state index < -0.39 is 11.4 Å². The fraction of sp³-hybridized carbons (Fsp3) is 0.917. The molecule has 86 valence electrons. The normalized spacial score (nSPS) is 33.1. The standard InChI is InChI=1S/C12H21NO2/c14-11(15)12(6-3-7-13-9-12)8-10-4-1-2-5-10/h10,13H,1-9H2,(H,14,15). The lowest BCUT2D eigenvalue weighted by molar-refractivity contribution is -0.151. The summed E-state index contributed by atoms with van der Waals surface area (Å²) < 4.78 is 0. The van der Waals surface area contributed by atoms with Gasteiger partial charge in [0.2, 0.25) is 0 Å². The summed E-state index contributed by atoms with van der Waals surface area (Å²) in [7, 11) is 0. The zero-order chi connectivity index (χ0) is 10.7. The van der Waals surface area contributed by atoms with Gasteiger partial charge in [-0.3, -0.25) is 4.79 Å². The van der Waals surface area contributed by atoms with Crippen LogP contribution in [0.3, 0.4) is 0 Å². The van der Waals surface area contributed by atoms with E-state index in [-0.39, 0.29) is 0 Å². The van der Waals surface area contributed by atoms with Crippen LogP contribution in [0.25, 0.3) is 0 Å². The van der Waals surface area contributed by atoms with Crippen molar-refractivity contribution in [2.24, 2.45) is 11.3 Å². The minimum absolute atomic E-state index is 0.451. The number of carbonyl (C=O) groups is 1. The molecule has 1 saturated carbocycles. The second kappa shape index (κ2) is 4.52. The average molecular weight is 211 g/mol. The fourth-order valence-electron chi connectivity index (χ4n) is 3.18. The maximum atomic E-state index is 11.4. The molecule has 1 heterocycles. The molecule has 0 aromatic rings. The van der Waals surface area contributed by atoms with Crippen LogP contribution in [0.2, 0.25) is 0 Å². The molecular weight excluding hydrogens is 190 g/mol. The highest BCUT2D eigenvalue weighted by Gasteiger charge is 2.41. The van der Waals surface area contributed by atoms with Crippen molar-refractivity contribution in [1.82, 2.24) is 5.32 Å². The van der Waals surface area contributed by atoms with Crippen molar-refractivity contribution in [3.8, 4) is 0 Å². The van der Waals surface area contributed by atoms with Gasteiger partial charge in [-0.05, 0) is 31.7 Å². The lowest BCUT2D eigenvalue weighted by atomic mass is 9.73. The zero-order valence-electron chi connectivity index (χ0n) is 9.30. The summed E-state index contributed by atoms with van der Waals surface area (Å²) in [6.07, 6.45) is 7.87. The van der Waals surface area contributed by atoms with Crippen LogP contribution in [0.15, 0.2) is 0 Å². The summed E-state index contributed by atoms with van der Waals surface area (Å²) in [5.41, 5.74) is -0.451. The van der Waals surface area contributed by atoms with E-state index in [0.29, 0.717) is 12.5 Å². The molecule has 3 nitrogen and oxygen atoms in total. The third-order valence-corrected chi connectivity index (χ3v) is 4.08. The molecule has 1 unspecified atom stereocenters. The van der Waals surface area contributed by atoms with E-state index in [1.807, 2.05) is 0 Å². The van der Waals surface area contributed by atoms with Crippen LogP contribution >= 0.6 is 0 Å². The molecule has 0 aromatic carbocycles. The van der Waals surface area contributed by atoms with Crippen LogP contribution in [-0.2, 0) is 4.79 Å². The first-order valence-corrected chi connectivity index (χ1v) is 6.17. The van der Waals surface area contributed by atoms with Gasteiger partial charge in [-0.25, -0.2) is 0 Å². The lowest BCUT2D eigenvalue weighted by Crippen LogP contribution is -2.46. The largest absolute Gasteiger partial charge is 0.481 e. The molecule has 15 heavy (non-hydrogen) atoms. The van der Waals surface area contributed by atoms with Gasteiger partial charge in [-0.15, -0.1) is 0 Å². The molecular formula is C12H21NO2. The van der Waals surface area contributed by atoms with Crippen molar-refractivity contribution >= 4 is 5.97 Å². The van der Waals surface area contributed by atoms with Crippen molar-refractivity contribution in [2.75, 3.05) is 13.1 Å². The Morgan fingerprint density at radius 2 is 2.07 bits per heavy atom. The van der Waals surface area contributed by atoms with E-state index in [2.05, 4.69) is 5.32 Å². The maximum absolute atomic E-state index is 11.4. The number of carboxylic acids is 1. The SMILES string of the molecule is O=C(O)C1(CC2CCCC2)CCCNC1. The fourth-order valence-corrected chi connectivity index (χ4v) is 3.18. The van der Waals surface area contributed by atoms with Crippen molar-refractivity contribution in [1.29, 1.82) is 0 Å². The van der Waals surface area contributed by atoms with E-state index in [9.17, 15) is 9.90 Å². The summed E-state index contributed by atoms with van der Waals surface area (Å²) in [6, 6.07) is 0. The van der Waals surface area contributed by atoms with E-state index in [1.165, 1.54) is 25.7 Å². The van der Waals surface area contributed by atoms with Crippen LogP contribution in [0.4, 0.5) is 0 Å². The quantitative estimate of drug-likeness (QED) is 0.751. The molecule has 3 heteroatoms. The average Bonchev–Trinajstić information content (AvgIpc) is 2.71. The van der Waals surface area contributed by atoms with E-state index in [1.54, 1.807) is 0 Å². The Labute approximate surface area is 91.2 Å². The second-order valence-electron chi connectivity index (χ2n) is 5.22. The Morgan fingerprint density at radius 1 is 1.33 bits per heavy atom. The smallest absolute Gasteiger partial charge is 0.310 e. The number of nitrogens with one attached hydrogen (secondary N) is 1. The molecule has 2 aliphatic rings. The van der Waals surface area contributed by atoms with Gasteiger partial charge in [0.15, 0.2) is 0 Å². The Balaban J connectivity index is 2.00. The monoisotopic (exact) mass is 211 g/mol. The minimum atomic E-state index is -0.582. The minimum Gasteiger partial charge on any atom is -0.481 e. The first-order valence-electron chi connectivity index (χ1n) is 6.17. The molecule has 1 saturated heterocycles. The molecule has 0 aromatic heterocycles. The van der Waals surface area contributed by atoms with Crippen LogP contribution in [0, 0.1) is 11.3 Å². The Hall–Kier alpha value is -0.570. The Morgan fingerprint density at radius 3 is 2.60 bits per heavy atom. The second-order valence-corrected chi connectivity index (χ2v) is 5.22. The van der Waals surface area contributed by atoms with Crippen LogP contribution in [0.1, 0.15) is 44.9 Å². The van der Waals surface area contributed by atoms with Crippen molar-refractivity contribution in [2.45, 2.75) is 44.9 Å². The number of carboxylic acid groups (broad SMARTS) is 1. The van der Waals surface area contributed by atoms with Gasteiger partial charge in [-0.1, -0.05) is 25.7 Å². The first kappa shape index (κ1) is 10.9. The molecule has 2 N–H and O–H groups in total. The van der Waals surface area contributed by atoms with E-state index >= 15 is 0 Å². The molecule has 0 amide bonds. The highest BCUT2D eigenvalue weighted by molar-refractivity contribution is 5.75. The summed E-state index contributed by atoms with van der Waals surface area (Å²) >= 11 is 0. The summed E-state index contributed by atoms with van der Waals surface area (Å²) in [4.78, 5) is 11.4. The molecule has 2 rings (SSSR count). The molecule has 2 fully saturated rings. The highest BCUT2D eigenvalue weighted by atomic mass is 16.4. The van der Waals surface area contributed by atoms with Crippen molar-refractivity contribution in [3.63, 3.8) is 0 Å². The molecule has 1 aliphatic carbocycles. The van der Waals surface area contributed by atoms with Gasteiger partial charge >= 0.3 is 5.97 Å². The van der Waals surface area contributed by atoms with Crippen molar-refractivity contribution < 1.29 is 9.90 Å².